The number of unbranched alkanes of at least 4 members (excludes halogenated alkanes) is 1. The second-order valence-corrected chi connectivity index (χ2v) is 12.6. The number of nitrogens with zero attached hydrogens (tertiary/aromatic N) is 1. The van der Waals surface area contributed by atoms with Crippen molar-refractivity contribution in [3.05, 3.63) is 114 Å². The average molecular weight is 613 g/mol. The number of carbonyl (C=O) groups excluding carboxylic acids is 1. The lowest BCUT2D eigenvalue weighted by Gasteiger charge is -2.12. The highest BCUT2D eigenvalue weighted by Crippen LogP contribution is 2.32. The molecule has 0 saturated carbocycles. The number of aliphatic hydroxyl groups excluding tert-OH is 1. The molecule has 0 unspecified atom stereocenters. The lowest BCUT2D eigenvalue weighted by molar-refractivity contribution is -0.112. The van der Waals surface area contributed by atoms with Crippen LogP contribution in [0.4, 0.5) is 5.69 Å². The van der Waals surface area contributed by atoms with Crippen LogP contribution in [0.5, 0.6) is 5.75 Å². The summed E-state index contributed by atoms with van der Waals surface area (Å²) in [6, 6.07) is 25.0. The fraction of sp³-hybridized carbons (Fsp3) is 0.257. The Morgan fingerprint density at radius 3 is 2.45 bits per heavy atom. The number of rotatable bonds is 12. The van der Waals surface area contributed by atoms with Gasteiger partial charge >= 0.3 is 0 Å². The Morgan fingerprint density at radius 2 is 1.73 bits per heavy atom. The van der Waals surface area contributed by atoms with Gasteiger partial charge in [0.25, 0.3) is 5.91 Å². The van der Waals surface area contributed by atoms with Crippen LogP contribution in [0.3, 0.4) is 0 Å². The van der Waals surface area contributed by atoms with E-state index in [1.54, 1.807) is 72.9 Å². The van der Waals surface area contributed by atoms with Crippen LogP contribution in [-0.2, 0) is 19.4 Å². The van der Waals surface area contributed by atoms with Gasteiger partial charge in [-0.1, -0.05) is 49.7 Å². The molecule has 0 fully saturated rings. The van der Waals surface area contributed by atoms with Gasteiger partial charge in [0.1, 0.15) is 18.5 Å². The number of benzene rings is 3. The Morgan fingerprint density at radius 1 is 0.955 bits per heavy atom. The number of sulfone groups is 1. The number of fused-ring (bicyclic) bond motifs is 1. The summed E-state index contributed by atoms with van der Waals surface area (Å²) in [4.78, 5) is 17.7. The zero-order chi connectivity index (χ0) is 30.9. The quantitative estimate of drug-likeness (QED) is 0.182. The molecular formula is C35H36N2O6S. The molecule has 2 N–H and O–H groups in total. The van der Waals surface area contributed by atoms with Gasteiger partial charge in [0.05, 0.1) is 22.9 Å². The van der Waals surface area contributed by atoms with Crippen molar-refractivity contribution >= 4 is 27.5 Å². The summed E-state index contributed by atoms with van der Waals surface area (Å²) >= 11 is 0. The Bertz CT molecular complexity index is 1700. The van der Waals surface area contributed by atoms with E-state index in [0.29, 0.717) is 41.3 Å². The molecule has 8 nitrogen and oxygen atoms in total. The lowest BCUT2D eigenvalue weighted by Crippen LogP contribution is -2.16. The number of ether oxygens (including phenoxy) is 2. The SMILES string of the molecule is CCCCOCCOc1ccc(-c2ccc3c(c2)C=C(C(=O)Nc2ccc([C@H](O)c4ccccn4)cc2)CCS3(=O)=O)cc1. The summed E-state index contributed by atoms with van der Waals surface area (Å²) in [5.74, 6) is 0.183. The number of nitrogens with one attached hydrogen (secondary N) is 1. The molecule has 1 aliphatic rings. The number of anilines is 1. The van der Waals surface area contributed by atoms with E-state index in [4.69, 9.17) is 9.47 Å². The molecule has 0 radical (unpaired) electrons. The van der Waals surface area contributed by atoms with Gasteiger partial charge in [-0.3, -0.25) is 9.78 Å². The number of hydrogen-bond acceptors (Lipinski definition) is 7. The maximum absolute atomic E-state index is 13.3. The summed E-state index contributed by atoms with van der Waals surface area (Å²) < 4.78 is 37.5. The van der Waals surface area contributed by atoms with E-state index < -0.39 is 15.9 Å². The van der Waals surface area contributed by atoms with Crippen molar-refractivity contribution in [3.63, 3.8) is 0 Å². The maximum Gasteiger partial charge on any atom is 0.251 e. The molecule has 228 valence electrons. The summed E-state index contributed by atoms with van der Waals surface area (Å²) in [5, 5.41) is 13.5. The highest BCUT2D eigenvalue weighted by Gasteiger charge is 2.25. The van der Waals surface area contributed by atoms with Crippen LogP contribution < -0.4 is 10.1 Å². The number of hydrogen-bond donors (Lipinski definition) is 2. The number of carbonyl (C=O) groups is 1. The molecule has 0 bridgehead atoms. The van der Waals surface area contributed by atoms with Gasteiger partial charge in [-0.15, -0.1) is 0 Å². The zero-order valence-corrected chi connectivity index (χ0v) is 25.4. The highest BCUT2D eigenvalue weighted by molar-refractivity contribution is 7.91. The molecule has 1 aromatic heterocycles. The second-order valence-electron chi connectivity index (χ2n) is 10.6. The number of aliphatic hydroxyl groups is 1. The normalized spacial score (nSPS) is 14.5. The van der Waals surface area contributed by atoms with Gasteiger partial charge in [0, 0.05) is 24.1 Å². The van der Waals surface area contributed by atoms with Crippen molar-refractivity contribution < 1.29 is 27.8 Å². The first-order valence-corrected chi connectivity index (χ1v) is 16.4. The molecule has 0 spiro atoms. The van der Waals surface area contributed by atoms with Crippen LogP contribution in [0.25, 0.3) is 17.2 Å². The summed E-state index contributed by atoms with van der Waals surface area (Å²) in [7, 11) is -3.58. The Hall–Kier alpha value is -4.31. The number of amides is 1. The fourth-order valence-corrected chi connectivity index (χ4v) is 6.36. The third kappa shape index (κ3) is 7.79. The number of aromatic nitrogens is 1. The minimum absolute atomic E-state index is 0.0862. The molecule has 0 saturated heterocycles. The molecule has 5 rings (SSSR count). The molecule has 1 aliphatic heterocycles. The van der Waals surface area contributed by atoms with Crippen LogP contribution in [0.1, 0.15) is 49.1 Å². The van der Waals surface area contributed by atoms with Crippen LogP contribution >= 0.6 is 0 Å². The Kier molecular flexibility index (Phi) is 10.2. The molecule has 1 atom stereocenters. The van der Waals surface area contributed by atoms with E-state index in [2.05, 4.69) is 17.2 Å². The van der Waals surface area contributed by atoms with Gasteiger partial charge in [-0.2, -0.15) is 0 Å². The van der Waals surface area contributed by atoms with Gasteiger partial charge < -0.3 is 19.9 Å². The van der Waals surface area contributed by atoms with E-state index in [-0.39, 0.29) is 23.0 Å². The first-order chi connectivity index (χ1) is 21.3. The molecule has 4 aromatic rings. The van der Waals surface area contributed by atoms with Crippen LogP contribution in [0.15, 0.2) is 102 Å². The smallest absolute Gasteiger partial charge is 0.251 e. The van der Waals surface area contributed by atoms with Crippen molar-refractivity contribution in [3.8, 4) is 16.9 Å². The molecular weight excluding hydrogens is 576 g/mol. The van der Waals surface area contributed by atoms with Gasteiger partial charge in [-0.25, -0.2) is 8.42 Å². The van der Waals surface area contributed by atoms with Crippen molar-refractivity contribution in [1.82, 2.24) is 4.98 Å². The van der Waals surface area contributed by atoms with Gasteiger partial charge in [-0.05, 0) is 89.7 Å². The molecule has 1 amide bonds. The standard InChI is InChI=1S/C35H36N2O6S/c1-2-3-19-42-20-21-43-31-14-9-25(10-15-31)27-11-16-33-29(23-27)24-28(17-22-44(33,40)41)35(39)37-30-12-7-26(8-13-30)34(38)32-6-4-5-18-36-32/h4-16,18,23-24,34,38H,2-3,17,19-22H2,1H3,(H,37,39)/t34-/m0/s1. The topological polar surface area (TPSA) is 115 Å². The molecule has 3 aromatic carbocycles. The summed E-state index contributed by atoms with van der Waals surface area (Å²) in [6.07, 6.45) is 4.60. The minimum Gasteiger partial charge on any atom is -0.491 e. The van der Waals surface area contributed by atoms with Crippen LogP contribution in [0, 0.1) is 0 Å². The molecule has 0 aliphatic carbocycles. The third-order valence-corrected chi connectivity index (χ3v) is 9.17. The monoisotopic (exact) mass is 612 g/mol. The van der Waals surface area contributed by atoms with Crippen LogP contribution in [0.2, 0.25) is 0 Å². The lowest BCUT2D eigenvalue weighted by atomic mass is 10.0. The van der Waals surface area contributed by atoms with Crippen molar-refractivity contribution in [2.75, 3.05) is 30.9 Å². The summed E-state index contributed by atoms with van der Waals surface area (Å²) in [6.45, 7) is 3.85. The van der Waals surface area contributed by atoms with E-state index in [1.165, 1.54) is 0 Å². The zero-order valence-electron chi connectivity index (χ0n) is 24.6. The Labute approximate surface area is 258 Å². The fourth-order valence-electron chi connectivity index (χ4n) is 4.90. The van der Waals surface area contributed by atoms with Gasteiger partial charge in [0.2, 0.25) is 0 Å². The van der Waals surface area contributed by atoms with Crippen molar-refractivity contribution in [2.45, 2.75) is 37.2 Å². The number of pyridine rings is 1. The third-order valence-electron chi connectivity index (χ3n) is 7.38. The summed E-state index contributed by atoms with van der Waals surface area (Å²) in [5.41, 5.74) is 4.26. The Balaban J connectivity index is 1.29. The van der Waals surface area contributed by atoms with Gasteiger partial charge in [0.15, 0.2) is 9.84 Å². The minimum atomic E-state index is -3.58. The second kappa shape index (κ2) is 14.4. The van der Waals surface area contributed by atoms with E-state index in [0.717, 1.165) is 36.3 Å². The predicted octanol–water partition coefficient (Wildman–Crippen LogP) is 6.23. The molecule has 2 heterocycles. The van der Waals surface area contributed by atoms with Crippen LogP contribution in [-0.4, -0.2) is 50.0 Å². The molecule has 44 heavy (non-hydrogen) atoms. The maximum atomic E-state index is 13.3. The van der Waals surface area contributed by atoms with Crippen molar-refractivity contribution in [1.29, 1.82) is 0 Å². The van der Waals surface area contributed by atoms with E-state index in [1.807, 2.05) is 24.3 Å². The highest BCUT2D eigenvalue weighted by atomic mass is 32.2. The largest absolute Gasteiger partial charge is 0.491 e. The van der Waals surface area contributed by atoms with E-state index in [9.17, 15) is 18.3 Å². The van der Waals surface area contributed by atoms with Crippen molar-refractivity contribution in [2.24, 2.45) is 0 Å². The first kappa shape index (κ1) is 31.1. The molecule has 9 heteroatoms. The van der Waals surface area contributed by atoms with E-state index >= 15 is 0 Å². The first-order valence-electron chi connectivity index (χ1n) is 14.7. The average Bonchev–Trinajstić information content (AvgIpc) is 3.18. The predicted molar refractivity (Wildman–Crippen MR) is 171 cm³/mol.